The van der Waals surface area contributed by atoms with Crippen LogP contribution in [0.1, 0.15) is 6.92 Å². The molecule has 1 aliphatic rings. The number of sulfonamides is 1. The highest BCUT2D eigenvalue weighted by Gasteiger charge is 2.48. The third-order valence-electron chi connectivity index (χ3n) is 4.79. The normalized spacial score (nSPS) is 21.5. The molecule has 2 atom stereocenters. The molecule has 0 spiro atoms. The molecule has 8 heteroatoms. The summed E-state index contributed by atoms with van der Waals surface area (Å²) in [6.45, 7) is 1.82. The average Bonchev–Trinajstić information content (AvgIpc) is 2.75. The highest BCUT2D eigenvalue weighted by molar-refractivity contribution is 7.91. The van der Waals surface area contributed by atoms with Crippen molar-refractivity contribution in [1.82, 2.24) is 3.89 Å². The third kappa shape index (κ3) is 3.91. The van der Waals surface area contributed by atoms with E-state index in [0.29, 0.717) is 28.5 Å². The minimum absolute atomic E-state index is 0.0716. The summed E-state index contributed by atoms with van der Waals surface area (Å²) in [5.41, 5.74) is 6.17. The lowest BCUT2D eigenvalue weighted by Crippen LogP contribution is -2.55. The van der Waals surface area contributed by atoms with Gasteiger partial charge < -0.3 is 15.2 Å². The van der Waals surface area contributed by atoms with E-state index in [1.807, 2.05) is 12.1 Å². The maximum absolute atomic E-state index is 13.1. The molecule has 0 fully saturated rings. The monoisotopic (exact) mass is 435 g/mol. The van der Waals surface area contributed by atoms with Crippen LogP contribution in [0.2, 0.25) is 0 Å². The van der Waals surface area contributed by atoms with Gasteiger partial charge in [-0.3, -0.25) is 0 Å². The zero-order valence-corrected chi connectivity index (χ0v) is 17.9. The summed E-state index contributed by atoms with van der Waals surface area (Å²) >= 11 is 6.54. The molecule has 154 valence electrons. The van der Waals surface area contributed by atoms with Gasteiger partial charge in [0.1, 0.15) is 11.9 Å². The Labute approximate surface area is 176 Å². The van der Waals surface area contributed by atoms with Crippen LogP contribution in [-0.4, -0.2) is 33.3 Å². The van der Waals surface area contributed by atoms with Crippen molar-refractivity contribution in [2.75, 3.05) is 19.4 Å². The lowest BCUT2D eigenvalue weighted by molar-refractivity contribution is 0.379. The molecule has 0 saturated carbocycles. The van der Waals surface area contributed by atoms with E-state index in [9.17, 15) is 8.42 Å². The van der Waals surface area contributed by atoms with Gasteiger partial charge in [-0.15, -0.1) is 3.89 Å². The largest absolute Gasteiger partial charge is 0.493 e. The second-order valence-electron chi connectivity index (χ2n) is 6.47. The Balaban J connectivity index is 2.03. The van der Waals surface area contributed by atoms with Crippen molar-refractivity contribution in [2.45, 2.75) is 12.4 Å². The first kappa shape index (κ1) is 21.4. The number of nitrogens with zero attached hydrogens (tertiary/aromatic N) is 1. The number of hydrogen-bond donors (Lipinski definition) is 1. The van der Waals surface area contributed by atoms with Crippen LogP contribution in [0.3, 0.4) is 0 Å². The van der Waals surface area contributed by atoms with Crippen molar-refractivity contribution in [1.29, 1.82) is 0 Å². The van der Waals surface area contributed by atoms with E-state index in [4.69, 9.17) is 26.8 Å². The number of alkyl halides is 1. The van der Waals surface area contributed by atoms with E-state index in [1.54, 1.807) is 68.8 Å². The molecule has 3 rings (SSSR count). The summed E-state index contributed by atoms with van der Waals surface area (Å²) in [6.07, 6.45) is 5.04. The topological polar surface area (TPSA) is 78.6 Å². The van der Waals surface area contributed by atoms with Gasteiger partial charge >= 0.3 is 10.0 Å². The fourth-order valence-corrected chi connectivity index (χ4v) is 5.36. The second-order valence-corrected chi connectivity index (χ2v) is 9.26. The summed E-state index contributed by atoms with van der Waals surface area (Å²) in [6, 6.07) is 14.1. The van der Waals surface area contributed by atoms with Crippen molar-refractivity contribution in [3.8, 4) is 17.2 Å². The molecular weight excluding hydrogens is 412 g/mol. The lowest BCUT2D eigenvalue weighted by Gasteiger charge is -2.37. The highest BCUT2D eigenvalue weighted by Crippen LogP contribution is 2.39. The number of hydrogen-bond acceptors (Lipinski definition) is 5. The molecule has 2 N–H and O–H groups in total. The summed E-state index contributed by atoms with van der Waals surface area (Å²) in [7, 11) is -2.08. The molecule has 0 saturated heterocycles. The Morgan fingerprint density at radius 2 is 1.76 bits per heavy atom. The SMILES string of the molecule is CCS(=O)(=O)[N+]1(c2ccc(Oc3ccccc3OC)cc2)C=C(CN)C=CC1Cl. The van der Waals surface area contributed by atoms with Crippen LogP contribution in [0, 0.1) is 0 Å². The predicted octanol–water partition coefficient (Wildman–Crippen LogP) is 4.12. The quantitative estimate of drug-likeness (QED) is 0.402. The first-order valence-corrected chi connectivity index (χ1v) is 11.2. The van der Waals surface area contributed by atoms with Crippen molar-refractivity contribution < 1.29 is 17.9 Å². The summed E-state index contributed by atoms with van der Waals surface area (Å²) in [4.78, 5) is 0. The Morgan fingerprint density at radius 3 is 2.34 bits per heavy atom. The van der Waals surface area contributed by atoms with E-state index in [0.717, 1.165) is 0 Å². The number of quaternary nitrogens is 1. The molecule has 6 nitrogen and oxygen atoms in total. The summed E-state index contributed by atoms with van der Waals surface area (Å²) < 4.78 is 36.9. The molecule has 2 aromatic carbocycles. The molecule has 0 amide bonds. The van der Waals surface area contributed by atoms with E-state index in [-0.39, 0.29) is 12.3 Å². The molecule has 1 heterocycles. The van der Waals surface area contributed by atoms with E-state index < -0.39 is 19.4 Å². The van der Waals surface area contributed by atoms with Crippen LogP contribution in [0.15, 0.2) is 72.5 Å². The molecule has 2 unspecified atom stereocenters. The Morgan fingerprint density at radius 1 is 1.10 bits per heavy atom. The van der Waals surface area contributed by atoms with Gasteiger partial charge in [-0.05, 0) is 43.3 Å². The van der Waals surface area contributed by atoms with Gasteiger partial charge in [0.05, 0.1) is 12.9 Å². The molecule has 29 heavy (non-hydrogen) atoms. The number of nitrogens with two attached hydrogens (primary N) is 1. The van der Waals surface area contributed by atoms with Crippen LogP contribution in [0.5, 0.6) is 17.2 Å². The molecule has 1 aliphatic heterocycles. The average molecular weight is 436 g/mol. The number of rotatable bonds is 7. The lowest BCUT2D eigenvalue weighted by atomic mass is 10.2. The maximum Gasteiger partial charge on any atom is 0.307 e. The van der Waals surface area contributed by atoms with Crippen LogP contribution in [0.25, 0.3) is 0 Å². The van der Waals surface area contributed by atoms with Crippen molar-refractivity contribution in [3.05, 3.63) is 72.5 Å². The van der Waals surface area contributed by atoms with Gasteiger partial charge in [0, 0.05) is 24.3 Å². The molecular formula is C21H24ClN2O4S+. The molecule has 0 aliphatic carbocycles. The molecule has 0 aromatic heterocycles. The fraction of sp³-hybridized carbons (Fsp3) is 0.238. The van der Waals surface area contributed by atoms with Crippen molar-refractivity contribution >= 4 is 27.3 Å². The first-order chi connectivity index (χ1) is 13.9. The third-order valence-corrected chi connectivity index (χ3v) is 7.55. The standard InChI is InChI=1S/C21H24ClN2O4S/c1-3-29(25,26)24(15-16(14-23)8-13-21(24)22)17-9-11-18(12-10-17)28-20-7-5-4-6-19(20)27-2/h4-13,15,21H,3,14,23H2,1-2H3/q+1. The maximum atomic E-state index is 13.1. The minimum Gasteiger partial charge on any atom is -0.493 e. The summed E-state index contributed by atoms with van der Waals surface area (Å²) in [5, 5.41) is 0. The first-order valence-electron chi connectivity index (χ1n) is 9.15. The Hall–Kier alpha value is -2.32. The van der Waals surface area contributed by atoms with Crippen LogP contribution in [0.4, 0.5) is 5.69 Å². The van der Waals surface area contributed by atoms with Gasteiger partial charge in [-0.1, -0.05) is 23.7 Å². The van der Waals surface area contributed by atoms with Crippen LogP contribution < -0.4 is 19.1 Å². The number of halogens is 1. The minimum atomic E-state index is -3.65. The number of para-hydroxylation sites is 2. The van der Waals surface area contributed by atoms with Crippen LogP contribution in [-0.2, 0) is 10.0 Å². The van der Waals surface area contributed by atoms with Gasteiger partial charge in [0.2, 0.25) is 5.50 Å². The van der Waals surface area contributed by atoms with Gasteiger partial charge in [0.25, 0.3) is 0 Å². The molecule has 0 bridgehead atoms. The van der Waals surface area contributed by atoms with Gasteiger partial charge in [-0.2, -0.15) is 8.42 Å². The van der Waals surface area contributed by atoms with Crippen molar-refractivity contribution in [3.63, 3.8) is 0 Å². The van der Waals surface area contributed by atoms with E-state index >= 15 is 0 Å². The van der Waals surface area contributed by atoms with E-state index in [1.165, 1.54) is 0 Å². The highest BCUT2D eigenvalue weighted by atomic mass is 35.5. The smallest absolute Gasteiger partial charge is 0.307 e. The van der Waals surface area contributed by atoms with Crippen LogP contribution >= 0.6 is 11.6 Å². The second kappa shape index (κ2) is 8.59. The number of methoxy groups -OCH3 is 1. The Bertz CT molecular complexity index is 1030. The molecule has 0 radical (unpaired) electrons. The number of benzene rings is 2. The zero-order valence-electron chi connectivity index (χ0n) is 16.3. The number of ether oxygens (including phenoxy) is 2. The van der Waals surface area contributed by atoms with Crippen molar-refractivity contribution in [2.24, 2.45) is 5.73 Å². The predicted molar refractivity (Wildman–Crippen MR) is 117 cm³/mol. The molecule has 2 aromatic rings. The van der Waals surface area contributed by atoms with Gasteiger partial charge in [-0.25, -0.2) is 0 Å². The van der Waals surface area contributed by atoms with Gasteiger partial charge in [0.15, 0.2) is 17.2 Å². The van der Waals surface area contributed by atoms with E-state index in [2.05, 4.69) is 0 Å². The zero-order chi connectivity index (χ0) is 21.1. The Kier molecular flexibility index (Phi) is 6.33. The fourth-order valence-electron chi connectivity index (χ4n) is 3.21. The summed E-state index contributed by atoms with van der Waals surface area (Å²) in [5.74, 6) is 1.64.